The smallest absolute Gasteiger partial charge is 0.123 e. The number of fused-ring (bicyclic) bond motifs is 1. The third-order valence-corrected chi connectivity index (χ3v) is 7.67. The molecule has 1 nitrogen and oxygen atoms in total. The Morgan fingerprint density at radius 3 is 2.33 bits per heavy atom. The number of hydrogen-bond acceptors (Lipinski definition) is 1. The van der Waals surface area contributed by atoms with Crippen molar-refractivity contribution >= 4 is 0 Å². The highest BCUT2D eigenvalue weighted by atomic mass is 19.1. The van der Waals surface area contributed by atoms with Gasteiger partial charge in [0.2, 0.25) is 0 Å². The Bertz CT molecular complexity index is 1050. The van der Waals surface area contributed by atoms with Crippen molar-refractivity contribution in [1.29, 1.82) is 0 Å². The van der Waals surface area contributed by atoms with Crippen LogP contribution in [-0.2, 0) is 6.42 Å². The number of allylic oxidation sites excluding steroid dienone is 6. The molecule has 0 heterocycles. The summed E-state index contributed by atoms with van der Waals surface area (Å²) in [6, 6.07) is 15.5. The van der Waals surface area contributed by atoms with Crippen LogP contribution in [0.25, 0.3) is 0 Å². The molecule has 2 aliphatic rings. The van der Waals surface area contributed by atoms with E-state index in [2.05, 4.69) is 89.4 Å². The third kappa shape index (κ3) is 7.82. The van der Waals surface area contributed by atoms with E-state index in [1.54, 1.807) is 28.8 Å². The zero-order chi connectivity index (χ0) is 26.7. The van der Waals surface area contributed by atoms with E-state index in [0.29, 0.717) is 11.3 Å². The lowest BCUT2D eigenvalue weighted by atomic mass is 9.67. The molecule has 2 atom stereocenters. The molecule has 1 fully saturated rings. The molecule has 2 aliphatic carbocycles. The fourth-order valence-corrected chi connectivity index (χ4v) is 5.62. The molecule has 2 aromatic rings. The molecule has 0 aromatic heterocycles. The quantitative estimate of drug-likeness (QED) is 0.446. The summed E-state index contributed by atoms with van der Waals surface area (Å²) in [5, 5.41) is 0. The molecule has 0 aliphatic heterocycles. The first kappa shape index (κ1) is 29.4. The molecular weight excluding hydrogens is 441 g/mol. The number of benzene rings is 2. The van der Waals surface area contributed by atoms with Crippen molar-refractivity contribution in [2.45, 2.75) is 79.6 Å². The average Bonchev–Trinajstić information content (AvgIpc) is 3.16. The fraction of sp³-hybridized carbons (Fsp3) is 0.412. The highest BCUT2D eigenvalue weighted by molar-refractivity contribution is 5.43. The molecule has 1 saturated carbocycles. The highest BCUT2D eigenvalue weighted by Gasteiger charge is 2.43. The van der Waals surface area contributed by atoms with Crippen LogP contribution in [-0.4, -0.2) is 0 Å². The van der Waals surface area contributed by atoms with Gasteiger partial charge >= 0.3 is 0 Å². The first-order chi connectivity index (χ1) is 17.2. The van der Waals surface area contributed by atoms with Gasteiger partial charge in [-0.3, -0.25) is 0 Å². The number of aryl methyl sites for hydroxylation is 2. The maximum absolute atomic E-state index is 12.1. The van der Waals surface area contributed by atoms with E-state index >= 15 is 0 Å². The van der Waals surface area contributed by atoms with E-state index in [1.165, 1.54) is 61.6 Å². The molecule has 0 radical (unpaired) electrons. The second-order valence-electron chi connectivity index (χ2n) is 10.6. The van der Waals surface area contributed by atoms with E-state index < -0.39 is 0 Å². The molecule has 4 rings (SSSR count). The van der Waals surface area contributed by atoms with Crippen LogP contribution in [0.4, 0.5) is 4.39 Å². The van der Waals surface area contributed by atoms with Gasteiger partial charge in [0.15, 0.2) is 0 Å². The van der Waals surface area contributed by atoms with Gasteiger partial charge in [-0.1, -0.05) is 93.1 Å². The summed E-state index contributed by atoms with van der Waals surface area (Å²) in [7, 11) is 0. The first-order valence-electron chi connectivity index (χ1n) is 13.3. The molecule has 2 aromatic carbocycles. The first-order valence-corrected chi connectivity index (χ1v) is 13.3. The Morgan fingerprint density at radius 2 is 1.75 bits per heavy atom. The van der Waals surface area contributed by atoms with Crippen LogP contribution in [0.5, 0.6) is 0 Å². The van der Waals surface area contributed by atoms with E-state index in [4.69, 9.17) is 0 Å². The summed E-state index contributed by atoms with van der Waals surface area (Å²) in [5.41, 5.74) is 13.9. The maximum atomic E-state index is 12.1. The third-order valence-electron chi connectivity index (χ3n) is 7.67. The Kier molecular flexibility index (Phi) is 11.4. The minimum absolute atomic E-state index is 0.171. The summed E-state index contributed by atoms with van der Waals surface area (Å²) >= 11 is 0. The molecule has 2 N–H and O–H groups in total. The van der Waals surface area contributed by atoms with Crippen LogP contribution < -0.4 is 5.73 Å². The molecule has 2 heteroatoms. The molecule has 0 saturated heterocycles. The monoisotopic (exact) mass is 487 g/mol. The van der Waals surface area contributed by atoms with Crippen molar-refractivity contribution in [3.63, 3.8) is 0 Å². The van der Waals surface area contributed by atoms with Crippen molar-refractivity contribution in [3.8, 4) is 0 Å². The molecule has 2 unspecified atom stereocenters. The van der Waals surface area contributed by atoms with Crippen molar-refractivity contribution in [3.05, 3.63) is 119 Å². The van der Waals surface area contributed by atoms with Gasteiger partial charge in [0.1, 0.15) is 5.82 Å². The minimum atomic E-state index is -0.171. The van der Waals surface area contributed by atoms with Crippen LogP contribution in [0.1, 0.15) is 82.9 Å². The van der Waals surface area contributed by atoms with Crippen molar-refractivity contribution in [2.24, 2.45) is 17.1 Å². The van der Waals surface area contributed by atoms with Gasteiger partial charge in [0, 0.05) is 0 Å². The molecular formula is C34H46FN. The van der Waals surface area contributed by atoms with Crippen molar-refractivity contribution in [1.82, 2.24) is 0 Å². The van der Waals surface area contributed by atoms with Crippen LogP contribution in [0.3, 0.4) is 0 Å². The summed E-state index contributed by atoms with van der Waals surface area (Å²) < 4.78 is 12.1. The summed E-state index contributed by atoms with van der Waals surface area (Å²) in [6.45, 7) is 16.6. The lowest BCUT2D eigenvalue weighted by Gasteiger charge is -2.37. The average molecular weight is 488 g/mol. The standard InChI is InChI=1S/C25H34.C7H7F.C2H5N/c1-6-9-21-17-25(5)22(14-15-23(25)16-19(21)4)13-12-20-10-7-8-11-24(20)18(2)3;1-6-2-4-7(8)5-3-6;1-2-3/h6-11,16,18,22H,12-15,17H2,1-5H3;2-5H,1H3;2H,1,3H2/b9-6-;;. The number of halogens is 1. The van der Waals surface area contributed by atoms with Crippen LogP contribution >= 0.6 is 0 Å². The van der Waals surface area contributed by atoms with E-state index in [0.717, 1.165) is 11.5 Å². The number of rotatable bonds is 5. The fourth-order valence-electron chi connectivity index (χ4n) is 5.62. The van der Waals surface area contributed by atoms with Gasteiger partial charge in [-0.2, -0.15) is 0 Å². The molecule has 36 heavy (non-hydrogen) atoms. The number of hydrogen-bond donors (Lipinski definition) is 1. The second-order valence-corrected chi connectivity index (χ2v) is 10.6. The van der Waals surface area contributed by atoms with Gasteiger partial charge in [-0.15, -0.1) is 0 Å². The van der Waals surface area contributed by atoms with Gasteiger partial charge in [-0.25, -0.2) is 4.39 Å². The zero-order valence-corrected chi connectivity index (χ0v) is 23.3. The zero-order valence-electron chi connectivity index (χ0n) is 23.3. The molecule has 0 amide bonds. The van der Waals surface area contributed by atoms with E-state index in [9.17, 15) is 4.39 Å². The normalized spacial score (nSPS) is 20.8. The Labute approximate surface area is 219 Å². The molecule has 194 valence electrons. The molecule has 0 spiro atoms. The van der Waals surface area contributed by atoms with Gasteiger partial charge in [0.05, 0.1) is 0 Å². The Balaban J connectivity index is 0.000000345. The topological polar surface area (TPSA) is 26.0 Å². The predicted octanol–water partition coefficient (Wildman–Crippen LogP) is 9.60. The SMILES string of the molecule is C/C=C\C1=C(C)C=C2CCC(CCc3ccccc3C(C)C)C2(C)C1.C=CN.Cc1ccc(F)cc1. The molecule has 0 bridgehead atoms. The van der Waals surface area contributed by atoms with Gasteiger partial charge in [-0.05, 0) is 111 Å². The van der Waals surface area contributed by atoms with Crippen molar-refractivity contribution < 1.29 is 4.39 Å². The van der Waals surface area contributed by atoms with Gasteiger partial charge in [0.25, 0.3) is 0 Å². The highest BCUT2D eigenvalue weighted by Crippen LogP contribution is 2.55. The lowest BCUT2D eigenvalue weighted by molar-refractivity contribution is 0.255. The predicted molar refractivity (Wildman–Crippen MR) is 155 cm³/mol. The van der Waals surface area contributed by atoms with Gasteiger partial charge < -0.3 is 5.73 Å². The summed E-state index contributed by atoms with van der Waals surface area (Å²) in [6.07, 6.45) is 14.7. The maximum Gasteiger partial charge on any atom is 0.123 e. The Morgan fingerprint density at radius 1 is 1.11 bits per heavy atom. The minimum Gasteiger partial charge on any atom is -0.405 e. The summed E-state index contributed by atoms with van der Waals surface area (Å²) in [4.78, 5) is 0. The summed E-state index contributed by atoms with van der Waals surface area (Å²) in [5.74, 6) is 1.26. The second kappa shape index (κ2) is 14.0. The lowest BCUT2D eigenvalue weighted by Crippen LogP contribution is -2.27. The number of nitrogens with two attached hydrogens (primary N) is 1. The van der Waals surface area contributed by atoms with E-state index in [-0.39, 0.29) is 5.82 Å². The largest absolute Gasteiger partial charge is 0.405 e. The Hall–Kier alpha value is -2.87. The van der Waals surface area contributed by atoms with Crippen LogP contribution in [0.2, 0.25) is 0 Å². The van der Waals surface area contributed by atoms with E-state index in [1.807, 2.05) is 6.92 Å². The van der Waals surface area contributed by atoms with Crippen LogP contribution in [0.15, 0.2) is 96.3 Å². The van der Waals surface area contributed by atoms with Crippen molar-refractivity contribution in [2.75, 3.05) is 0 Å². The van der Waals surface area contributed by atoms with Crippen LogP contribution in [0, 0.1) is 24.1 Å².